The first-order valence-corrected chi connectivity index (χ1v) is 11.6. The average Bonchev–Trinajstić information content (AvgIpc) is 2.68. The topological polar surface area (TPSA) is 78.9 Å². The van der Waals surface area contributed by atoms with E-state index in [1.807, 2.05) is 19.1 Å². The number of aryl methyl sites for hydroxylation is 1. The SMILES string of the molecule is C=C1CC[C@@H](C(=C)C)[C@H](c2c(OC(C)=O)cc(CCCCC)cc2OC(C)=O)C1OC(C)=O. The molecule has 3 atom stereocenters. The minimum absolute atomic E-state index is 0.0885. The van der Waals surface area contributed by atoms with E-state index in [9.17, 15) is 14.4 Å². The summed E-state index contributed by atoms with van der Waals surface area (Å²) in [5, 5.41) is 0. The molecule has 1 aromatic carbocycles. The predicted molar refractivity (Wildman–Crippen MR) is 127 cm³/mol. The molecule has 6 heteroatoms. The smallest absolute Gasteiger partial charge is 0.308 e. The minimum atomic E-state index is -0.660. The largest absolute Gasteiger partial charge is 0.457 e. The van der Waals surface area contributed by atoms with Gasteiger partial charge in [0.1, 0.15) is 17.6 Å². The highest BCUT2D eigenvalue weighted by atomic mass is 16.6. The molecule has 0 amide bonds. The molecule has 0 N–H and O–H groups in total. The molecule has 0 heterocycles. The van der Waals surface area contributed by atoms with E-state index >= 15 is 0 Å². The van der Waals surface area contributed by atoms with Crippen molar-refractivity contribution in [3.8, 4) is 11.5 Å². The summed E-state index contributed by atoms with van der Waals surface area (Å²) in [4.78, 5) is 36.1. The fourth-order valence-electron chi connectivity index (χ4n) is 4.55. The van der Waals surface area contributed by atoms with Crippen molar-refractivity contribution in [3.63, 3.8) is 0 Å². The van der Waals surface area contributed by atoms with Gasteiger partial charge in [0.25, 0.3) is 0 Å². The maximum atomic E-state index is 12.0. The highest BCUT2D eigenvalue weighted by Gasteiger charge is 2.42. The minimum Gasteiger partial charge on any atom is -0.457 e. The number of ether oxygens (including phenoxy) is 3. The number of hydrogen-bond donors (Lipinski definition) is 0. The molecule has 1 aromatic rings. The van der Waals surface area contributed by atoms with Gasteiger partial charge < -0.3 is 14.2 Å². The standard InChI is InChI=1S/C27H36O6/c1-8-9-10-11-21-14-23(31-18(5)28)26(24(15-21)32-19(6)29)25-22(16(2)3)13-12-17(4)27(25)33-20(7)30/h14-15,22,25,27H,2,4,8-13H2,1,3,5-7H3/t22-,25+,27?/m0/s1. The molecule has 0 bridgehead atoms. The van der Waals surface area contributed by atoms with Crippen LogP contribution in [0.25, 0.3) is 0 Å². The molecule has 0 saturated heterocycles. The Hall–Kier alpha value is -2.89. The zero-order valence-electron chi connectivity index (χ0n) is 20.5. The molecule has 0 radical (unpaired) electrons. The monoisotopic (exact) mass is 456 g/mol. The van der Waals surface area contributed by atoms with Crippen LogP contribution in [0.15, 0.2) is 36.4 Å². The Morgan fingerprint density at radius 1 is 0.970 bits per heavy atom. The van der Waals surface area contributed by atoms with E-state index in [0.717, 1.165) is 48.8 Å². The fourth-order valence-corrected chi connectivity index (χ4v) is 4.55. The van der Waals surface area contributed by atoms with Gasteiger partial charge in [0.2, 0.25) is 0 Å². The molecule has 1 fully saturated rings. The Kier molecular flexibility index (Phi) is 9.44. The molecule has 0 spiro atoms. The van der Waals surface area contributed by atoms with E-state index in [4.69, 9.17) is 14.2 Å². The number of benzene rings is 1. The van der Waals surface area contributed by atoms with Crippen molar-refractivity contribution in [2.75, 3.05) is 0 Å². The maximum absolute atomic E-state index is 12.0. The summed E-state index contributed by atoms with van der Waals surface area (Å²) in [5.74, 6) is -1.32. The molecule has 1 saturated carbocycles. The summed E-state index contributed by atoms with van der Waals surface area (Å²) in [6.07, 6.45) is 4.60. The Balaban J connectivity index is 2.76. The van der Waals surface area contributed by atoms with Crippen LogP contribution in [-0.2, 0) is 25.5 Å². The van der Waals surface area contributed by atoms with E-state index in [2.05, 4.69) is 20.1 Å². The van der Waals surface area contributed by atoms with Crippen LogP contribution in [0.3, 0.4) is 0 Å². The lowest BCUT2D eigenvalue weighted by atomic mass is 9.68. The summed E-state index contributed by atoms with van der Waals surface area (Å²) >= 11 is 0. The first-order valence-electron chi connectivity index (χ1n) is 11.6. The van der Waals surface area contributed by atoms with Crippen LogP contribution >= 0.6 is 0 Å². The third-order valence-corrected chi connectivity index (χ3v) is 5.94. The second-order valence-corrected chi connectivity index (χ2v) is 8.86. The molecule has 6 nitrogen and oxygen atoms in total. The molecule has 2 rings (SSSR count). The first-order chi connectivity index (χ1) is 15.5. The molecule has 1 unspecified atom stereocenters. The maximum Gasteiger partial charge on any atom is 0.308 e. The highest BCUT2D eigenvalue weighted by molar-refractivity contribution is 5.74. The Morgan fingerprint density at radius 2 is 1.55 bits per heavy atom. The lowest BCUT2D eigenvalue weighted by Crippen LogP contribution is -2.36. The van der Waals surface area contributed by atoms with E-state index < -0.39 is 29.9 Å². The van der Waals surface area contributed by atoms with Crippen LogP contribution in [0.5, 0.6) is 11.5 Å². The number of carbonyl (C=O) groups is 3. The van der Waals surface area contributed by atoms with Gasteiger partial charge in [-0.3, -0.25) is 14.4 Å². The van der Waals surface area contributed by atoms with Crippen LogP contribution in [0.1, 0.15) is 83.8 Å². The Morgan fingerprint density at radius 3 is 2.00 bits per heavy atom. The molecular weight excluding hydrogens is 420 g/mol. The van der Waals surface area contributed by atoms with Gasteiger partial charge in [-0.05, 0) is 61.8 Å². The Bertz CT molecular complexity index is 892. The van der Waals surface area contributed by atoms with Gasteiger partial charge in [-0.25, -0.2) is 0 Å². The average molecular weight is 457 g/mol. The normalized spacial score (nSPS) is 20.2. The number of carbonyl (C=O) groups excluding carboxylic acids is 3. The van der Waals surface area contributed by atoms with E-state index in [1.54, 1.807) is 0 Å². The summed E-state index contributed by atoms with van der Waals surface area (Å²) in [7, 11) is 0. The number of esters is 3. The van der Waals surface area contributed by atoms with E-state index in [0.29, 0.717) is 23.5 Å². The quantitative estimate of drug-likeness (QED) is 0.201. The van der Waals surface area contributed by atoms with Crippen LogP contribution in [0, 0.1) is 5.92 Å². The van der Waals surface area contributed by atoms with E-state index in [-0.39, 0.29) is 5.92 Å². The van der Waals surface area contributed by atoms with Crippen LogP contribution in [0.2, 0.25) is 0 Å². The van der Waals surface area contributed by atoms with Crippen molar-refractivity contribution < 1.29 is 28.6 Å². The number of unbranched alkanes of at least 4 members (excludes halogenated alkanes) is 2. The van der Waals surface area contributed by atoms with Crippen molar-refractivity contribution in [2.45, 2.75) is 85.2 Å². The van der Waals surface area contributed by atoms with Crippen molar-refractivity contribution in [3.05, 3.63) is 47.6 Å². The summed E-state index contributed by atoms with van der Waals surface area (Å²) in [6.45, 7) is 16.4. The summed E-state index contributed by atoms with van der Waals surface area (Å²) < 4.78 is 17.0. The van der Waals surface area contributed by atoms with Crippen molar-refractivity contribution in [1.29, 1.82) is 0 Å². The van der Waals surface area contributed by atoms with Crippen molar-refractivity contribution >= 4 is 17.9 Å². The predicted octanol–water partition coefficient (Wildman–Crippen LogP) is 5.83. The van der Waals surface area contributed by atoms with Crippen LogP contribution in [0.4, 0.5) is 0 Å². The lowest BCUT2D eigenvalue weighted by Gasteiger charge is -2.40. The second-order valence-electron chi connectivity index (χ2n) is 8.86. The van der Waals surface area contributed by atoms with Gasteiger partial charge in [0, 0.05) is 32.3 Å². The third-order valence-electron chi connectivity index (χ3n) is 5.94. The fraction of sp³-hybridized carbons (Fsp3) is 0.519. The first kappa shape index (κ1) is 26.4. The number of hydrogen-bond acceptors (Lipinski definition) is 6. The lowest BCUT2D eigenvalue weighted by molar-refractivity contribution is -0.147. The van der Waals surface area contributed by atoms with E-state index in [1.165, 1.54) is 20.8 Å². The zero-order valence-corrected chi connectivity index (χ0v) is 20.5. The van der Waals surface area contributed by atoms with Gasteiger partial charge in [-0.1, -0.05) is 38.5 Å². The second kappa shape index (κ2) is 11.8. The number of rotatable bonds is 9. The molecule has 0 aliphatic heterocycles. The van der Waals surface area contributed by atoms with Gasteiger partial charge in [0.15, 0.2) is 0 Å². The number of allylic oxidation sites excluding steroid dienone is 1. The Labute approximate surface area is 197 Å². The molecule has 1 aliphatic rings. The molecule has 180 valence electrons. The molecular formula is C27H36O6. The van der Waals surface area contributed by atoms with Gasteiger partial charge >= 0.3 is 17.9 Å². The summed E-state index contributed by atoms with van der Waals surface area (Å²) in [6, 6.07) is 3.66. The van der Waals surface area contributed by atoms with Crippen molar-refractivity contribution in [2.24, 2.45) is 5.92 Å². The third kappa shape index (κ3) is 7.04. The van der Waals surface area contributed by atoms with Crippen LogP contribution in [-0.4, -0.2) is 24.0 Å². The van der Waals surface area contributed by atoms with Crippen LogP contribution < -0.4 is 9.47 Å². The van der Waals surface area contributed by atoms with Gasteiger partial charge in [0.05, 0.1) is 0 Å². The highest BCUT2D eigenvalue weighted by Crippen LogP contribution is 2.50. The molecule has 1 aliphatic carbocycles. The molecule has 33 heavy (non-hydrogen) atoms. The zero-order chi connectivity index (χ0) is 24.7. The van der Waals surface area contributed by atoms with Crippen molar-refractivity contribution in [1.82, 2.24) is 0 Å². The summed E-state index contributed by atoms with van der Waals surface area (Å²) in [5.41, 5.74) is 3.10. The van der Waals surface area contributed by atoms with Gasteiger partial charge in [-0.2, -0.15) is 0 Å². The molecule has 0 aromatic heterocycles. The van der Waals surface area contributed by atoms with Gasteiger partial charge in [-0.15, -0.1) is 0 Å².